The van der Waals surface area contributed by atoms with Gasteiger partial charge in [-0.3, -0.25) is 9.59 Å². The first-order valence-corrected chi connectivity index (χ1v) is 29.5. The van der Waals surface area contributed by atoms with E-state index in [0.717, 1.165) is 57.8 Å². The molecule has 3 atom stereocenters. The maximum atomic E-state index is 13.3. The number of hydrogen-bond donors (Lipinski definition) is 3. The molecule has 6 nitrogen and oxygen atoms in total. The lowest BCUT2D eigenvalue weighted by Crippen LogP contribution is -2.46. The zero-order valence-corrected chi connectivity index (χ0v) is 45.2. The van der Waals surface area contributed by atoms with E-state index in [1.165, 1.54) is 193 Å². The van der Waals surface area contributed by atoms with Crippen LogP contribution in [-0.2, 0) is 14.3 Å². The molecular weight excluding hydrogens is 839 g/mol. The van der Waals surface area contributed by atoms with E-state index in [2.05, 4.69) is 80.8 Å². The molecule has 0 fully saturated rings. The highest BCUT2D eigenvalue weighted by Gasteiger charge is 2.23. The molecule has 0 aromatic carbocycles. The van der Waals surface area contributed by atoms with Crippen molar-refractivity contribution in [2.75, 3.05) is 6.61 Å². The first-order valence-electron chi connectivity index (χ1n) is 29.5. The Hall–Kier alpha value is -2.44. The summed E-state index contributed by atoms with van der Waals surface area (Å²) in [6.45, 7) is 6.45. The van der Waals surface area contributed by atoms with Gasteiger partial charge in [-0.25, -0.2) is 0 Å². The van der Waals surface area contributed by atoms with Crippen LogP contribution in [0.3, 0.4) is 0 Å². The zero-order chi connectivity index (χ0) is 49.5. The molecule has 0 aromatic rings. The summed E-state index contributed by atoms with van der Waals surface area (Å²) < 4.78 is 5.90. The molecular formula is C62H113NO5. The van der Waals surface area contributed by atoms with Crippen LogP contribution in [-0.4, -0.2) is 46.9 Å². The van der Waals surface area contributed by atoms with Gasteiger partial charge in [0.1, 0.15) is 6.10 Å². The lowest BCUT2D eigenvalue weighted by atomic mass is 10.0. The van der Waals surface area contributed by atoms with Crippen LogP contribution in [0.15, 0.2) is 60.8 Å². The summed E-state index contributed by atoms with van der Waals surface area (Å²) in [5.41, 5.74) is 0. The summed E-state index contributed by atoms with van der Waals surface area (Å²) in [6.07, 6.45) is 70.2. The van der Waals surface area contributed by atoms with Gasteiger partial charge < -0.3 is 20.3 Å². The fourth-order valence-corrected chi connectivity index (χ4v) is 8.82. The summed E-state index contributed by atoms with van der Waals surface area (Å²) in [7, 11) is 0. The van der Waals surface area contributed by atoms with Crippen molar-refractivity contribution in [3.63, 3.8) is 0 Å². The number of ether oxygens (including phenoxy) is 1. The SMILES string of the molecule is CCCCC/C=C\C/C=C\C/C=C\C/C=C\CC(CC(=O)NC(CO)C(O)CCCCCCCCCCCCCCCCCCC)OC(=O)CCCCCCCCC/C=C/CCCCCCCC. The van der Waals surface area contributed by atoms with E-state index in [9.17, 15) is 19.8 Å². The second-order valence-corrected chi connectivity index (χ2v) is 20.1. The van der Waals surface area contributed by atoms with Crippen molar-refractivity contribution >= 4 is 11.9 Å². The van der Waals surface area contributed by atoms with E-state index < -0.39 is 18.2 Å². The normalized spacial score (nSPS) is 13.5. The Morgan fingerprint density at radius 1 is 0.441 bits per heavy atom. The summed E-state index contributed by atoms with van der Waals surface area (Å²) in [5.74, 6) is -0.573. The predicted octanol–water partition coefficient (Wildman–Crippen LogP) is 18.4. The van der Waals surface area contributed by atoms with E-state index in [4.69, 9.17) is 4.74 Å². The maximum Gasteiger partial charge on any atom is 0.306 e. The van der Waals surface area contributed by atoms with Crippen molar-refractivity contribution in [1.82, 2.24) is 5.32 Å². The first kappa shape index (κ1) is 65.6. The maximum absolute atomic E-state index is 13.3. The van der Waals surface area contributed by atoms with Crippen molar-refractivity contribution in [3.05, 3.63) is 60.8 Å². The molecule has 0 aliphatic carbocycles. The number of amides is 1. The number of unbranched alkanes of at least 4 members (excludes halogenated alkanes) is 32. The van der Waals surface area contributed by atoms with E-state index >= 15 is 0 Å². The Kier molecular flexibility index (Phi) is 53.5. The van der Waals surface area contributed by atoms with Gasteiger partial charge in [0.25, 0.3) is 0 Å². The lowest BCUT2D eigenvalue weighted by Gasteiger charge is -2.24. The second-order valence-electron chi connectivity index (χ2n) is 20.1. The molecule has 0 spiro atoms. The number of allylic oxidation sites excluding steroid dienone is 9. The van der Waals surface area contributed by atoms with Crippen LogP contribution in [0.5, 0.6) is 0 Å². The number of hydrogen-bond acceptors (Lipinski definition) is 5. The number of rotatable bonds is 53. The average molecular weight is 953 g/mol. The number of carbonyl (C=O) groups excluding carboxylic acids is 2. The molecule has 0 radical (unpaired) electrons. The summed E-state index contributed by atoms with van der Waals surface area (Å²) in [5, 5.41) is 23.9. The van der Waals surface area contributed by atoms with Gasteiger partial charge in [0.2, 0.25) is 5.91 Å². The minimum atomic E-state index is -0.814. The molecule has 0 saturated heterocycles. The largest absolute Gasteiger partial charge is 0.461 e. The quantitative estimate of drug-likeness (QED) is 0.0321. The number of esters is 1. The monoisotopic (exact) mass is 952 g/mol. The Bertz CT molecular complexity index is 1210. The Balaban J connectivity index is 4.63. The minimum Gasteiger partial charge on any atom is -0.461 e. The predicted molar refractivity (Wildman–Crippen MR) is 296 cm³/mol. The van der Waals surface area contributed by atoms with E-state index in [-0.39, 0.29) is 24.9 Å². The van der Waals surface area contributed by atoms with E-state index in [1.807, 2.05) is 6.08 Å². The van der Waals surface area contributed by atoms with Gasteiger partial charge in [0.15, 0.2) is 0 Å². The minimum absolute atomic E-state index is 0.000342. The molecule has 68 heavy (non-hydrogen) atoms. The highest BCUT2D eigenvalue weighted by Crippen LogP contribution is 2.17. The van der Waals surface area contributed by atoms with Crippen molar-refractivity contribution in [3.8, 4) is 0 Å². The highest BCUT2D eigenvalue weighted by molar-refractivity contribution is 5.77. The highest BCUT2D eigenvalue weighted by atomic mass is 16.5. The van der Waals surface area contributed by atoms with Gasteiger partial charge in [0.05, 0.1) is 25.2 Å². The van der Waals surface area contributed by atoms with Crippen LogP contribution >= 0.6 is 0 Å². The molecule has 0 heterocycles. The molecule has 396 valence electrons. The molecule has 0 rings (SSSR count). The molecule has 0 aromatic heterocycles. The van der Waals surface area contributed by atoms with Crippen LogP contribution in [0.1, 0.15) is 297 Å². The Morgan fingerprint density at radius 3 is 1.22 bits per heavy atom. The molecule has 3 unspecified atom stereocenters. The third kappa shape index (κ3) is 50.0. The number of carbonyl (C=O) groups is 2. The van der Waals surface area contributed by atoms with Crippen molar-refractivity contribution in [2.45, 2.75) is 315 Å². The van der Waals surface area contributed by atoms with Gasteiger partial charge in [-0.1, -0.05) is 268 Å². The van der Waals surface area contributed by atoms with Crippen molar-refractivity contribution < 1.29 is 24.5 Å². The van der Waals surface area contributed by atoms with Crippen LogP contribution in [0.4, 0.5) is 0 Å². The number of nitrogens with one attached hydrogen (secondary N) is 1. The summed E-state index contributed by atoms with van der Waals surface area (Å²) in [4.78, 5) is 26.2. The van der Waals surface area contributed by atoms with Crippen LogP contribution in [0.25, 0.3) is 0 Å². The van der Waals surface area contributed by atoms with Crippen LogP contribution in [0.2, 0.25) is 0 Å². The lowest BCUT2D eigenvalue weighted by molar-refractivity contribution is -0.150. The van der Waals surface area contributed by atoms with Gasteiger partial charge in [0, 0.05) is 12.8 Å². The number of aliphatic hydroxyl groups excluding tert-OH is 2. The van der Waals surface area contributed by atoms with Crippen LogP contribution in [0, 0.1) is 0 Å². The molecule has 1 amide bonds. The summed E-state index contributed by atoms with van der Waals surface area (Å²) >= 11 is 0. The molecule has 6 heteroatoms. The van der Waals surface area contributed by atoms with E-state index in [0.29, 0.717) is 19.3 Å². The molecule has 0 aliphatic rings. The standard InChI is InChI=1S/C62H113NO5/c1-4-7-10-13-16-19-22-25-28-30-33-36-39-42-45-48-51-54-60(65)59(57-64)63-61(66)56-58(53-50-47-44-41-38-35-32-27-24-21-18-15-12-9-6-3)68-62(67)55-52-49-46-43-40-37-34-31-29-26-23-20-17-14-11-8-5-2/h18,21,26-27,29,32,38,41,47,50,58-60,64-65H,4-17,19-20,22-25,28,30-31,33-37,39-40,42-46,48-49,51-57H2,1-3H3,(H,63,66)/b21-18-,29-26+,32-27-,41-38-,50-47-. The molecule has 0 aliphatic heterocycles. The van der Waals surface area contributed by atoms with Crippen LogP contribution < -0.4 is 5.32 Å². The van der Waals surface area contributed by atoms with Gasteiger partial charge in [-0.05, 0) is 70.6 Å². The van der Waals surface area contributed by atoms with Crippen molar-refractivity contribution in [1.29, 1.82) is 0 Å². The van der Waals surface area contributed by atoms with E-state index in [1.54, 1.807) is 0 Å². The third-order valence-electron chi connectivity index (χ3n) is 13.3. The topological polar surface area (TPSA) is 95.9 Å². The van der Waals surface area contributed by atoms with Gasteiger partial charge in [-0.15, -0.1) is 0 Å². The third-order valence-corrected chi connectivity index (χ3v) is 13.3. The Morgan fingerprint density at radius 2 is 0.779 bits per heavy atom. The fraction of sp³-hybridized carbons (Fsp3) is 0.806. The molecule has 0 bridgehead atoms. The van der Waals surface area contributed by atoms with Gasteiger partial charge >= 0.3 is 5.97 Å². The zero-order valence-electron chi connectivity index (χ0n) is 45.2. The first-order chi connectivity index (χ1) is 33.5. The molecule has 3 N–H and O–H groups in total. The Labute approximate surface area is 422 Å². The summed E-state index contributed by atoms with van der Waals surface area (Å²) in [6, 6.07) is -0.733. The fourth-order valence-electron chi connectivity index (χ4n) is 8.82. The van der Waals surface area contributed by atoms with Crippen molar-refractivity contribution in [2.24, 2.45) is 0 Å². The average Bonchev–Trinajstić information content (AvgIpc) is 3.33. The molecule has 0 saturated carbocycles. The smallest absolute Gasteiger partial charge is 0.306 e. The second kappa shape index (κ2) is 55.5. The number of aliphatic hydroxyl groups is 2. The van der Waals surface area contributed by atoms with Gasteiger partial charge in [-0.2, -0.15) is 0 Å².